The van der Waals surface area contributed by atoms with Gasteiger partial charge in [0.05, 0.1) is 18.8 Å². The van der Waals surface area contributed by atoms with Crippen molar-refractivity contribution in [3.05, 3.63) is 60.8 Å². The molecule has 374 valence electrons. The SMILES string of the molecule is CC/C=C\C/C=C\C/C=C\C/C=C\C/C=C\CCCCCCCCCCCCCCCCCCCCCCCCCC(=O)NC(CO)C(O)CCCCCCCCCCCCCCC. The molecule has 0 aliphatic rings. The molecule has 2 atom stereocenters. The van der Waals surface area contributed by atoms with Gasteiger partial charge in [-0.15, -0.1) is 0 Å². The van der Waals surface area contributed by atoms with Crippen molar-refractivity contribution in [1.29, 1.82) is 0 Å². The Morgan fingerprint density at radius 1 is 0.391 bits per heavy atom. The van der Waals surface area contributed by atoms with E-state index in [0.717, 1.165) is 57.8 Å². The highest BCUT2D eigenvalue weighted by atomic mass is 16.3. The van der Waals surface area contributed by atoms with E-state index in [9.17, 15) is 15.0 Å². The fourth-order valence-electron chi connectivity index (χ4n) is 8.74. The smallest absolute Gasteiger partial charge is 0.220 e. The first kappa shape index (κ1) is 62.1. The van der Waals surface area contributed by atoms with Crippen molar-refractivity contribution in [3.8, 4) is 0 Å². The predicted molar refractivity (Wildman–Crippen MR) is 285 cm³/mol. The minimum Gasteiger partial charge on any atom is -0.394 e. The lowest BCUT2D eigenvalue weighted by Gasteiger charge is -2.22. The number of carbonyl (C=O) groups excluding carboxylic acids is 1. The molecule has 0 heterocycles. The fourth-order valence-corrected chi connectivity index (χ4v) is 8.74. The van der Waals surface area contributed by atoms with E-state index in [-0.39, 0.29) is 12.5 Å². The molecule has 0 fully saturated rings. The lowest BCUT2D eigenvalue weighted by Crippen LogP contribution is -2.45. The number of hydrogen-bond donors (Lipinski definition) is 3. The summed E-state index contributed by atoms with van der Waals surface area (Å²) in [4.78, 5) is 12.5. The zero-order valence-corrected chi connectivity index (χ0v) is 43.1. The van der Waals surface area contributed by atoms with Crippen LogP contribution in [0.3, 0.4) is 0 Å². The van der Waals surface area contributed by atoms with Crippen LogP contribution in [0.5, 0.6) is 0 Å². The second-order valence-corrected chi connectivity index (χ2v) is 19.3. The van der Waals surface area contributed by atoms with Crippen LogP contribution in [0.2, 0.25) is 0 Å². The Balaban J connectivity index is 3.39. The lowest BCUT2D eigenvalue weighted by atomic mass is 10.0. The molecule has 0 aromatic heterocycles. The Kier molecular flexibility index (Phi) is 53.8. The topological polar surface area (TPSA) is 69.6 Å². The first-order chi connectivity index (χ1) is 31.7. The zero-order chi connectivity index (χ0) is 46.3. The number of aliphatic hydroxyl groups is 2. The van der Waals surface area contributed by atoms with Crippen molar-refractivity contribution in [2.24, 2.45) is 0 Å². The molecule has 3 N–H and O–H groups in total. The van der Waals surface area contributed by atoms with Crippen LogP contribution in [0.1, 0.15) is 296 Å². The van der Waals surface area contributed by atoms with Gasteiger partial charge in [-0.05, 0) is 57.8 Å². The highest BCUT2D eigenvalue weighted by molar-refractivity contribution is 5.76. The molecule has 2 unspecified atom stereocenters. The van der Waals surface area contributed by atoms with E-state index in [4.69, 9.17) is 0 Å². The molecule has 0 bridgehead atoms. The highest BCUT2D eigenvalue weighted by Gasteiger charge is 2.20. The second-order valence-electron chi connectivity index (χ2n) is 19.3. The Hall–Kier alpha value is -1.91. The minimum absolute atomic E-state index is 0.0278. The third-order valence-electron chi connectivity index (χ3n) is 13.0. The molecule has 0 spiro atoms. The maximum absolute atomic E-state index is 12.5. The minimum atomic E-state index is -0.657. The van der Waals surface area contributed by atoms with Gasteiger partial charge in [-0.25, -0.2) is 0 Å². The first-order valence-electron chi connectivity index (χ1n) is 28.5. The second kappa shape index (κ2) is 55.4. The van der Waals surface area contributed by atoms with E-state index in [1.807, 2.05) is 0 Å². The highest BCUT2D eigenvalue weighted by Crippen LogP contribution is 2.17. The average molecular weight is 895 g/mol. The van der Waals surface area contributed by atoms with Gasteiger partial charge in [-0.3, -0.25) is 4.79 Å². The van der Waals surface area contributed by atoms with E-state index >= 15 is 0 Å². The van der Waals surface area contributed by atoms with E-state index in [0.29, 0.717) is 12.8 Å². The molecule has 64 heavy (non-hydrogen) atoms. The standard InChI is InChI=1S/C60H111NO3/c1-3-5-7-9-11-13-15-17-18-19-20-21-22-23-24-25-26-27-28-29-30-31-32-33-34-35-36-37-38-39-40-41-42-44-46-48-50-52-54-56-60(64)61-58(57-62)59(63)55-53-51-49-47-45-43-16-14-12-10-8-6-4-2/h5,7,11,13,17-18,20-21,23-24,58-59,62-63H,3-4,6,8-10,12,14-16,19,22,25-57H2,1-2H3,(H,61,64)/b7-5-,13-11-,18-17-,21-20-,24-23-. The molecule has 4 nitrogen and oxygen atoms in total. The van der Waals surface area contributed by atoms with E-state index < -0.39 is 12.1 Å². The van der Waals surface area contributed by atoms with Gasteiger partial charge in [0.25, 0.3) is 0 Å². The Morgan fingerprint density at radius 3 is 1.03 bits per heavy atom. The van der Waals surface area contributed by atoms with Gasteiger partial charge >= 0.3 is 0 Å². The van der Waals surface area contributed by atoms with Crippen LogP contribution in [0.15, 0.2) is 60.8 Å². The van der Waals surface area contributed by atoms with Crippen molar-refractivity contribution in [2.75, 3.05) is 6.61 Å². The van der Waals surface area contributed by atoms with Crippen LogP contribution in [0.4, 0.5) is 0 Å². The third kappa shape index (κ3) is 51.1. The summed E-state index contributed by atoms with van der Waals surface area (Å²) < 4.78 is 0. The van der Waals surface area contributed by atoms with Crippen molar-refractivity contribution in [1.82, 2.24) is 5.32 Å². The Morgan fingerprint density at radius 2 is 0.688 bits per heavy atom. The van der Waals surface area contributed by atoms with Gasteiger partial charge in [0.2, 0.25) is 5.91 Å². The molecule has 0 aliphatic carbocycles. The molecule has 0 radical (unpaired) electrons. The van der Waals surface area contributed by atoms with Gasteiger partial charge in [0.15, 0.2) is 0 Å². The number of amides is 1. The van der Waals surface area contributed by atoms with Crippen LogP contribution in [-0.4, -0.2) is 34.9 Å². The van der Waals surface area contributed by atoms with E-state index in [2.05, 4.69) is 79.9 Å². The van der Waals surface area contributed by atoms with Crippen LogP contribution in [-0.2, 0) is 4.79 Å². The summed E-state index contributed by atoms with van der Waals surface area (Å²) in [5.74, 6) is -0.0278. The molecule has 0 aromatic carbocycles. The Bertz CT molecular complexity index is 1060. The predicted octanol–water partition coefficient (Wildman–Crippen LogP) is 18.8. The summed E-state index contributed by atoms with van der Waals surface area (Å²) >= 11 is 0. The molecule has 0 saturated carbocycles. The van der Waals surface area contributed by atoms with Gasteiger partial charge in [-0.1, -0.05) is 293 Å². The first-order valence-corrected chi connectivity index (χ1v) is 28.5. The molecule has 0 saturated heterocycles. The molecular weight excluding hydrogens is 783 g/mol. The van der Waals surface area contributed by atoms with Crippen molar-refractivity contribution in [3.63, 3.8) is 0 Å². The summed E-state index contributed by atoms with van der Waals surface area (Å²) in [6.07, 6.45) is 77.9. The van der Waals surface area contributed by atoms with Crippen LogP contribution in [0, 0.1) is 0 Å². The van der Waals surface area contributed by atoms with Crippen molar-refractivity contribution < 1.29 is 15.0 Å². The van der Waals surface area contributed by atoms with Crippen LogP contribution >= 0.6 is 0 Å². The molecular formula is C60H111NO3. The summed E-state index contributed by atoms with van der Waals surface area (Å²) in [6, 6.07) is -0.534. The van der Waals surface area contributed by atoms with Gasteiger partial charge in [0.1, 0.15) is 0 Å². The molecule has 0 rings (SSSR count). The van der Waals surface area contributed by atoms with Crippen molar-refractivity contribution >= 4 is 5.91 Å². The van der Waals surface area contributed by atoms with Gasteiger partial charge in [-0.2, -0.15) is 0 Å². The molecule has 0 aromatic rings. The monoisotopic (exact) mass is 894 g/mol. The fraction of sp³-hybridized carbons (Fsp3) is 0.817. The lowest BCUT2D eigenvalue weighted by molar-refractivity contribution is -0.123. The quantitative estimate of drug-likeness (QED) is 0.0421. The molecule has 4 heteroatoms. The number of allylic oxidation sites excluding steroid dienone is 10. The molecule has 0 aliphatic heterocycles. The van der Waals surface area contributed by atoms with Crippen LogP contribution < -0.4 is 5.32 Å². The number of carbonyl (C=O) groups is 1. The summed E-state index contributed by atoms with van der Waals surface area (Å²) in [6.45, 7) is 4.26. The number of nitrogens with one attached hydrogen (secondary N) is 1. The van der Waals surface area contributed by atoms with Crippen molar-refractivity contribution in [2.45, 2.75) is 309 Å². The number of unbranched alkanes of at least 4 members (excludes halogenated alkanes) is 35. The largest absolute Gasteiger partial charge is 0.394 e. The number of hydrogen-bond acceptors (Lipinski definition) is 3. The van der Waals surface area contributed by atoms with E-state index in [1.54, 1.807) is 0 Å². The van der Waals surface area contributed by atoms with Crippen LogP contribution in [0.25, 0.3) is 0 Å². The zero-order valence-electron chi connectivity index (χ0n) is 43.1. The van der Waals surface area contributed by atoms with Gasteiger partial charge in [0, 0.05) is 6.42 Å². The maximum Gasteiger partial charge on any atom is 0.220 e. The van der Waals surface area contributed by atoms with E-state index in [1.165, 1.54) is 212 Å². The average Bonchev–Trinajstić information content (AvgIpc) is 3.30. The van der Waals surface area contributed by atoms with Gasteiger partial charge < -0.3 is 15.5 Å². The summed E-state index contributed by atoms with van der Waals surface area (Å²) in [7, 11) is 0. The number of aliphatic hydroxyl groups excluding tert-OH is 2. The Labute approximate surface area is 400 Å². The summed E-state index contributed by atoms with van der Waals surface area (Å²) in [5, 5.41) is 23.2. The summed E-state index contributed by atoms with van der Waals surface area (Å²) in [5.41, 5.74) is 0. The third-order valence-corrected chi connectivity index (χ3v) is 13.0. The molecule has 1 amide bonds. The number of rotatable bonds is 52. The normalized spacial score (nSPS) is 13.2. The maximum atomic E-state index is 12.5.